The second-order valence-electron chi connectivity index (χ2n) is 4.35. The van der Waals surface area contributed by atoms with Gasteiger partial charge in [-0.3, -0.25) is 4.98 Å². The second-order valence-corrected chi connectivity index (χ2v) is 4.35. The third-order valence-corrected chi connectivity index (χ3v) is 2.89. The Morgan fingerprint density at radius 3 is 2.78 bits per heavy atom. The Balaban J connectivity index is 1.81. The van der Waals surface area contributed by atoms with Crippen LogP contribution < -0.4 is 4.74 Å². The van der Waals surface area contributed by atoms with Gasteiger partial charge in [-0.1, -0.05) is 24.6 Å². The third kappa shape index (κ3) is 3.70. The zero-order chi connectivity index (χ0) is 12.6. The van der Waals surface area contributed by atoms with Crippen molar-refractivity contribution in [3.8, 4) is 5.75 Å². The van der Waals surface area contributed by atoms with Crippen LogP contribution in [0.15, 0.2) is 36.5 Å². The summed E-state index contributed by atoms with van der Waals surface area (Å²) in [5.74, 6) is 0.829. The lowest BCUT2D eigenvalue weighted by molar-refractivity contribution is 0.273. The van der Waals surface area contributed by atoms with Gasteiger partial charge in [0.1, 0.15) is 5.75 Å². The predicted molar refractivity (Wildman–Crippen MR) is 72.8 cm³/mol. The van der Waals surface area contributed by atoms with E-state index >= 15 is 0 Å². The number of unbranched alkanes of at least 4 members (excludes halogenated alkanes) is 3. The summed E-state index contributed by atoms with van der Waals surface area (Å²) < 4.78 is 5.67. The van der Waals surface area contributed by atoms with E-state index in [1.54, 1.807) is 6.20 Å². The van der Waals surface area contributed by atoms with E-state index in [2.05, 4.69) is 4.98 Å². The van der Waals surface area contributed by atoms with Gasteiger partial charge in [0.25, 0.3) is 0 Å². The molecule has 0 aliphatic heterocycles. The number of rotatable bonds is 7. The average molecular weight is 245 g/mol. The summed E-state index contributed by atoms with van der Waals surface area (Å²) in [7, 11) is 0. The highest BCUT2D eigenvalue weighted by molar-refractivity contribution is 5.79. The normalized spacial score (nSPS) is 10.7. The van der Waals surface area contributed by atoms with Crippen molar-refractivity contribution in [2.75, 3.05) is 13.2 Å². The fraction of sp³-hybridized carbons (Fsp3) is 0.400. The van der Waals surface area contributed by atoms with Crippen molar-refractivity contribution in [3.63, 3.8) is 0 Å². The van der Waals surface area contributed by atoms with E-state index in [0.29, 0.717) is 6.61 Å². The van der Waals surface area contributed by atoms with E-state index in [4.69, 9.17) is 9.84 Å². The minimum absolute atomic E-state index is 0.287. The fourth-order valence-corrected chi connectivity index (χ4v) is 1.89. The van der Waals surface area contributed by atoms with Gasteiger partial charge in [0.05, 0.1) is 18.3 Å². The smallest absolute Gasteiger partial charge is 0.138 e. The molecule has 2 aromatic rings. The highest BCUT2D eigenvalue weighted by Crippen LogP contribution is 2.18. The molecule has 1 N–H and O–H groups in total. The topological polar surface area (TPSA) is 42.4 Å². The standard InChI is InChI=1S/C15H19NO2/c17-9-5-1-2-6-10-18-14-11-13-7-3-4-8-15(13)16-12-14/h3-4,7-8,11-12,17H,1-2,5-6,9-10H2. The van der Waals surface area contributed by atoms with Crippen molar-refractivity contribution < 1.29 is 9.84 Å². The molecule has 0 atom stereocenters. The van der Waals surface area contributed by atoms with Crippen LogP contribution in [0.2, 0.25) is 0 Å². The summed E-state index contributed by atoms with van der Waals surface area (Å²) in [5.41, 5.74) is 0.993. The van der Waals surface area contributed by atoms with Gasteiger partial charge in [-0.15, -0.1) is 0 Å². The number of para-hydroxylation sites is 1. The zero-order valence-electron chi connectivity index (χ0n) is 10.5. The predicted octanol–water partition coefficient (Wildman–Crippen LogP) is 3.17. The molecule has 1 aromatic carbocycles. The molecular weight excluding hydrogens is 226 g/mol. The van der Waals surface area contributed by atoms with Crippen molar-refractivity contribution in [1.29, 1.82) is 0 Å². The molecule has 0 amide bonds. The van der Waals surface area contributed by atoms with Gasteiger partial charge >= 0.3 is 0 Å². The summed E-state index contributed by atoms with van der Waals surface area (Å²) in [6.45, 7) is 1.00. The lowest BCUT2D eigenvalue weighted by Gasteiger charge is -2.06. The van der Waals surface area contributed by atoms with Crippen LogP contribution in [0.25, 0.3) is 10.9 Å². The van der Waals surface area contributed by atoms with Gasteiger partial charge in [-0.05, 0) is 31.4 Å². The van der Waals surface area contributed by atoms with Crippen LogP contribution in [0.1, 0.15) is 25.7 Å². The molecule has 3 nitrogen and oxygen atoms in total. The summed E-state index contributed by atoms with van der Waals surface area (Å²) in [5, 5.41) is 9.77. The van der Waals surface area contributed by atoms with E-state index in [0.717, 1.165) is 42.3 Å². The number of hydrogen-bond acceptors (Lipinski definition) is 3. The van der Waals surface area contributed by atoms with Crippen molar-refractivity contribution in [2.45, 2.75) is 25.7 Å². The molecule has 0 saturated heterocycles. The molecule has 0 spiro atoms. The van der Waals surface area contributed by atoms with Crippen molar-refractivity contribution in [2.24, 2.45) is 0 Å². The van der Waals surface area contributed by atoms with Gasteiger partial charge in [-0.2, -0.15) is 0 Å². The maximum atomic E-state index is 8.66. The number of benzene rings is 1. The van der Waals surface area contributed by atoms with Crippen LogP contribution in [0.4, 0.5) is 0 Å². The number of aliphatic hydroxyl groups excluding tert-OH is 1. The molecule has 0 aliphatic rings. The first-order chi connectivity index (χ1) is 8.90. The highest BCUT2D eigenvalue weighted by atomic mass is 16.5. The highest BCUT2D eigenvalue weighted by Gasteiger charge is 1.98. The first kappa shape index (κ1) is 12.8. The average Bonchev–Trinajstić information content (AvgIpc) is 2.42. The SMILES string of the molecule is OCCCCCCOc1cnc2ccccc2c1. The molecular formula is C15H19NO2. The largest absolute Gasteiger partial charge is 0.492 e. The first-order valence-electron chi connectivity index (χ1n) is 6.48. The summed E-state index contributed by atoms with van der Waals surface area (Å²) >= 11 is 0. The Morgan fingerprint density at radius 2 is 1.89 bits per heavy atom. The Bertz CT molecular complexity index is 485. The molecule has 0 unspecified atom stereocenters. The molecule has 0 saturated carbocycles. The second kappa shape index (κ2) is 6.97. The van der Waals surface area contributed by atoms with Gasteiger partial charge in [0.15, 0.2) is 0 Å². The molecule has 3 heteroatoms. The lowest BCUT2D eigenvalue weighted by Crippen LogP contribution is -1.98. The van der Waals surface area contributed by atoms with Crippen LogP contribution in [0.3, 0.4) is 0 Å². The number of aliphatic hydroxyl groups is 1. The third-order valence-electron chi connectivity index (χ3n) is 2.89. The summed E-state index contributed by atoms with van der Waals surface area (Å²) in [4.78, 5) is 4.35. The number of fused-ring (bicyclic) bond motifs is 1. The molecule has 96 valence electrons. The van der Waals surface area contributed by atoms with E-state index in [-0.39, 0.29) is 6.61 Å². The van der Waals surface area contributed by atoms with Crippen LogP contribution in [0.5, 0.6) is 5.75 Å². The number of aromatic nitrogens is 1. The monoisotopic (exact) mass is 245 g/mol. The van der Waals surface area contributed by atoms with Gasteiger partial charge in [-0.25, -0.2) is 0 Å². The number of pyridine rings is 1. The van der Waals surface area contributed by atoms with Gasteiger partial charge in [0, 0.05) is 12.0 Å². The molecule has 0 bridgehead atoms. The number of hydrogen-bond donors (Lipinski definition) is 1. The molecule has 0 fully saturated rings. The Hall–Kier alpha value is -1.61. The van der Waals surface area contributed by atoms with E-state index in [1.807, 2.05) is 30.3 Å². The maximum Gasteiger partial charge on any atom is 0.138 e. The fourth-order valence-electron chi connectivity index (χ4n) is 1.89. The molecule has 18 heavy (non-hydrogen) atoms. The number of nitrogens with zero attached hydrogens (tertiary/aromatic N) is 1. The van der Waals surface area contributed by atoms with E-state index in [1.165, 1.54) is 0 Å². The first-order valence-corrected chi connectivity index (χ1v) is 6.48. The van der Waals surface area contributed by atoms with Crippen molar-refractivity contribution >= 4 is 10.9 Å². The Morgan fingerprint density at radius 1 is 1.06 bits per heavy atom. The Kier molecular flexibility index (Phi) is 4.97. The van der Waals surface area contributed by atoms with E-state index < -0.39 is 0 Å². The Labute approximate surface area is 107 Å². The quantitative estimate of drug-likeness (QED) is 0.762. The van der Waals surface area contributed by atoms with Crippen molar-refractivity contribution in [1.82, 2.24) is 4.98 Å². The molecule has 1 aromatic heterocycles. The maximum absolute atomic E-state index is 8.66. The van der Waals surface area contributed by atoms with Gasteiger partial charge in [0.2, 0.25) is 0 Å². The molecule has 0 aliphatic carbocycles. The zero-order valence-corrected chi connectivity index (χ0v) is 10.5. The van der Waals surface area contributed by atoms with Crippen LogP contribution in [0, 0.1) is 0 Å². The van der Waals surface area contributed by atoms with Crippen LogP contribution in [-0.2, 0) is 0 Å². The summed E-state index contributed by atoms with van der Waals surface area (Å²) in [6.07, 6.45) is 5.85. The minimum atomic E-state index is 0.287. The lowest BCUT2D eigenvalue weighted by atomic mass is 10.2. The van der Waals surface area contributed by atoms with Crippen LogP contribution in [-0.4, -0.2) is 23.3 Å². The molecule has 1 heterocycles. The number of ether oxygens (including phenoxy) is 1. The van der Waals surface area contributed by atoms with Gasteiger partial charge < -0.3 is 9.84 Å². The van der Waals surface area contributed by atoms with E-state index in [9.17, 15) is 0 Å². The molecule has 2 rings (SSSR count). The van der Waals surface area contributed by atoms with Crippen LogP contribution >= 0.6 is 0 Å². The summed E-state index contributed by atoms with van der Waals surface area (Å²) in [6, 6.07) is 10.0. The molecule has 0 radical (unpaired) electrons. The van der Waals surface area contributed by atoms with Crippen molar-refractivity contribution in [3.05, 3.63) is 36.5 Å². The minimum Gasteiger partial charge on any atom is -0.492 e.